The monoisotopic (exact) mass is 245 g/mol. The summed E-state index contributed by atoms with van der Waals surface area (Å²) in [6.45, 7) is 0.592. The van der Waals surface area contributed by atoms with E-state index in [1.165, 1.54) is 0 Å². The van der Waals surface area contributed by atoms with Crippen LogP contribution in [0.15, 0.2) is 33.7 Å². The molecule has 3 aromatic rings. The Morgan fingerprint density at radius 2 is 2.33 bits per heavy atom. The van der Waals surface area contributed by atoms with E-state index in [1.54, 1.807) is 24.5 Å². The second kappa shape index (κ2) is 3.95. The maximum Gasteiger partial charge on any atom is 0.417 e. The van der Waals surface area contributed by atoms with Gasteiger partial charge in [-0.05, 0) is 6.07 Å². The number of fused-ring (bicyclic) bond motifs is 1. The fraction of sp³-hybridized carbons (Fsp3) is 0.0909. The molecular weight excluding hydrogens is 234 g/mol. The van der Waals surface area contributed by atoms with Crippen LogP contribution in [0, 0.1) is 0 Å². The van der Waals surface area contributed by atoms with Gasteiger partial charge >= 0.3 is 5.76 Å². The van der Waals surface area contributed by atoms with Crippen LogP contribution in [0.3, 0.4) is 0 Å². The van der Waals surface area contributed by atoms with E-state index >= 15 is 0 Å². The fourth-order valence-electron chi connectivity index (χ4n) is 1.74. The van der Waals surface area contributed by atoms with Crippen molar-refractivity contribution in [2.75, 3.05) is 11.1 Å². The zero-order valence-electron chi connectivity index (χ0n) is 9.36. The standard InChI is InChI=1S/C11H11N5O2/c12-7-1-10-9(16-11(17)18-10)2-8(7)13-3-6-4-14-15-5-6/h1-2,4-5,13H,3,12H2,(H,14,15)(H,16,17). The highest BCUT2D eigenvalue weighted by Gasteiger charge is 2.06. The van der Waals surface area contributed by atoms with Gasteiger partial charge in [-0.3, -0.25) is 10.1 Å². The number of rotatable bonds is 3. The van der Waals surface area contributed by atoms with Crippen molar-refractivity contribution in [2.45, 2.75) is 6.54 Å². The van der Waals surface area contributed by atoms with Gasteiger partial charge in [-0.25, -0.2) is 4.79 Å². The Morgan fingerprint density at radius 1 is 1.44 bits per heavy atom. The van der Waals surface area contributed by atoms with Gasteiger partial charge in [-0.2, -0.15) is 5.10 Å². The van der Waals surface area contributed by atoms with Gasteiger partial charge < -0.3 is 15.5 Å². The molecule has 92 valence electrons. The number of aromatic nitrogens is 3. The van der Waals surface area contributed by atoms with Crippen molar-refractivity contribution in [1.29, 1.82) is 0 Å². The molecule has 0 aliphatic rings. The molecule has 2 heterocycles. The summed E-state index contributed by atoms with van der Waals surface area (Å²) in [5.74, 6) is -0.489. The fourth-order valence-corrected chi connectivity index (χ4v) is 1.74. The molecule has 3 rings (SSSR count). The molecule has 0 bridgehead atoms. The van der Waals surface area contributed by atoms with E-state index in [2.05, 4.69) is 20.5 Å². The van der Waals surface area contributed by atoms with Crippen LogP contribution in [0.5, 0.6) is 0 Å². The molecule has 2 aromatic heterocycles. The van der Waals surface area contributed by atoms with Gasteiger partial charge in [0.2, 0.25) is 0 Å². The minimum atomic E-state index is -0.489. The van der Waals surface area contributed by atoms with Crippen molar-refractivity contribution in [1.82, 2.24) is 15.2 Å². The average Bonchev–Trinajstić information content (AvgIpc) is 2.94. The highest BCUT2D eigenvalue weighted by atomic mass is 16.4. The van der Waals surface area contributed by atoms with Crippen LogP contribution in [0.2, 0.25) is 0 Å². The lowest BCUT2D eigenvalue weighted by Crippen LogP contribution is -2.01. The van der Waals surface area contributed by atoms with Crippen LogP contribution >= 0.6 is 0 Å². The first-order valence-corrected chi connectivity index (χ1v) is 5.36. The first kappa shape index (κ1) is 10.5. The van der Waals surface area contributed by atoms with E-state index in [1.807, 2.05) is 0 Å². The van der Waals surface area contributed by atoms with Crippen molar-refractivity contribution in [3.63, 3.8) is 0 Å². The largest absolute Gasteiger partial charge is 0.417 e. The summed E-state index contributed by atoms with van der Waals surface area (Å²) in [6.07, 6.45) is 3.52. The van der Waals surface area contributed by atoms with Crippen molar-refractivity contribution in [2.24, 2.45) is 0 Å². The van der Waals surface area contributed by atoms with Crippen molar-refractivity contribution >= 4 is 22.5 Å². The Morgan fingerprint density at radius 3 is 3.11 bits per heavy atom. The number of anilines is 2. The molecule has 0 amide bonds. The molecule has 7 nitrogen and oxygen atoms in total. The molecule has 5 N–H and O–H groups in total. The maximum absolute atomic E-state index is 11.1. The van der Waals surface area contributed by atoms with Crippen molar-refractivity contribution < 1.29 is 4.42 Å². The zero-order valence-corrected chi connectivity index (χ0v) is 9.36. The number of hydrogen-bond acceptors (Lipinski definition) is 5. The number of nitrogens with zero attached hydrogens (tertiary/aromatic N) is 1. The van der Waals surface area contributed by atoms with Gasteiger partial charge in [-0.15, -0.1) is 0 Å². The van der Waals surface area contributed by atoms with E-state index < -0.39 is 5.76 Å². The van der Waals surface area contributed by atoms with E-state index in [-0.39, 0.29) is 0 Å². The normalized spacial score (nSPS) is 10.9. The summed E-state index contributed by atoms with van der Waals surface area (Å²) < 4.78 is 4.92. The first-order valence-electron chi connectivity index (χ1n) is 5.36. The minimum Gasteiger partial charge on any atom is -0.408 e. The number of benzene rings is 1. The van der Waals surface area contributed by atoms with E-state index in [0.29, 0.717) is 23.3 Å². The molecule has 1 aromatic carbocycles. The maximum atomic E-state index is 11.1. The molecule has 0 spiro atoms. The number of nitrogens with one attached hydrogen (secondary N) is 3. The molecule has 0 saturated carbocycles. The highest BCUT2D eigenvalue weighted by Crippen LogP contribution is 2.24. The third kappa shape index (κ3) is 1.81. The molecule has 0 saturated heterocycles. The molecule has 0 aliphatic carbocycles. The second-order valence-corrected chi connectivity index (χ2v) is 3.91. The zero-order chi connectivity index (χ0) is 12.5. The minimum absolute atomic E-state index is 0.450. The van der Waals surface area contributed by atoms with E-state index in [4.69, 9.17) is 10.2 Å². The number of H-pyrrole nitrogens is 2. The summed E-state index contributed by atoms with van der Waals surface area (Å²) in [7, 11) is 0. The summed E-state index contributed by atoms with van der Waals surface area (Å²) in [5, 5.41) is 9.75. The lowest BCUT2D eigenvalue weighted by atomic mass is 10.2. The van der Waals surface area contributed by atoms with Crippen LogP contribution in [-0.4, -0.2) is 15.2 Å². The lowest BCUT2D eigenvalue weighted by Gasteiger charge is -2.07. The van der Waals surface area contributed by atoms with Crippen molar-refractivity contribution in [3.8, 4) is 0 Å². The van der Waals surface area contributed by atoms with E-state index in [9.17, 15) is 4.79 Å². The number of hydrogen-bond donors (Lipinski definition) is 4. The lowest BCUT2D eigenvalue weighted by molar-refractivity contribution is 0.555. The summed E-state index contributed by atoms with van der Waals surface area (Å²) >= 11 is 0. The number of nitrogen functional groups attached to an aromatic ring is 1. The van der Waals surface area contributed by atoms with Gasteiger partial charge in [0.05, 0.1) is 23.1 Å². The molecule has 18 heavy (non-hydrogen) atoms. The topological polar surface area (TPSA) is 113 Å². The molecule has 0 radical (unpaired) electrons. The third-order valence-electron chi connectivity index (χ3n) is 2.63. The van der Waals surface area contributed by atoms with Crippen LogP contribution in [-0.2, 0) is 6.54 Å². The SMILES string of the molecule is Nc1cc2oc(=O)[nH]c2cc1NCc1cn[nH]c1. The number of oxazole rings is 1. The Labute approximate surface area is 101 Å². The van der Waals surface area contributed by atoms with Crippen LogP contribution < -0.4 is 16.8 Å². The van der Waals surface area contributed by atoms with Crippen molar-refractivity contribution in [3.05, 3.63) is 40.6 Å². The third-order valence-corrected chi connectivity index (χ3v) is 2.63. The van der Waals surface area contributed by atoms with Crippen LogP contribution in [0.25, 0.3) is 11.1 Å². The molecule has 0 aliphatic heterocycles. The second-order valence-electron chi connectivity index (χ2n) is 3.91. The number of aromatic amines is 2. The predicted molar refractivity (Wildman–Crippen MR) is 67.2 cm³/mol. The quantitative estimate of drug-likeness (QED) is 0.515. The summed E-state index contributed by atoms with van der Waals surface area (Å²) in [5.41, 5.74) is 9.21. The smallest absolute Gasteiger partial charge is 0.408 e. The molecule has 0 atom stereocenters. The van der Waals surface area contributed by atoms with Gasteiger partial charge in [0, 0.05) is 24.4 Å². The Kier molecular flexibility index (Phi) is 2.30. The Bertz CT molecular complexity index is 726. The highest BCUT2D eigenvalue weighted by molar-refractivity contribution is 5.85. The summed E-state index contributed by atoms with van der Waals surface area (Å²) in [6, 6.07) is 3.36. The molecule has 0 fully saturated rings. The molecule has 0 unspecified atom stereocenters. The van der Waals surface area contributed by atoms with E-state index in [0.717, 1.165) is 11.3 Å². The summed E-state index contributed by atoms with van der Waals surface area (Å²) in [4.78, 5) is 13.6. The molecular formula is C11H11N5O2. The Balaban J connectivity index is 1.91. The van der Waals surface area contributed by atoms with Gasteiger partial charge in [0.25, 0.3) is 0 Å². The Hall–Kier alpha value is -2.70. The van der Waals surface area contributed by atoms with Gasteiger partial charge in [0.1, 0.15) is 0 Å². The van der Waals surface area contributed by atoms with Gasteiger partial charge in [-0.1, -0.05) is 0 Å². The molecule has 7 heteroatoms. The first-order chi connectivity index (χ1) is 8.72. The number of nitrogens with two attached hydrogens (primary N) is 1. The van der Waals surface area contributed by atoms with Gasteiger partial charge in [0.15, 0.2) is 5.58 Å². The van der Waals surface area contributed by atoms with Crippen LogP contribution in [0.1, 0.15) is 5.56 Å². The predicted octanol–water partition coefficient (Wildman–Crippen LogP) is 1.04. The van der Waals surface area contributed by atoms with Crippen LogP contribution in [0.4, 0.5) is 11.4 Å². The average molecular weight is 245 g/mol.